The number of fused-ring (bicyclic) bond motifs is 5. The molecule has 2 aromatic carbocycles. The number of urea groups is 1. The average molecular weight is 487 g/mol. The van der Waals surface area contributed by atoms with Crippen LogP contribution < -0.4 is 5.32 Å². The summed E-state index contributed by atoms with van der Waals surface area (Å²) in [6.07, 6.45) is 1.07. The number of para-hydroxylation sites is 1. The highest BCUT2D eigenvalue weighted by Gasteiger charge is 2.60. The van der Waals surface area contributed by atoms with Crippen molar-refractivity contribution in [3.8, 4) is 0 Å². The fourth-order valence-corrected chi connectivity index (χ4v) is 5.74. The zero-order valence-corrected chi connectivity index (χ0v) is 21.4. The van der Waals surface area contributed by atoms with Crippen molar-refractivity contribution in [3.05, 3.63) is 71.4 Å². The summed E-state index contributed by atoms with van der Waals surface area (Å²) in [5, 5.41) is 4.11. The Morgan fingerprint density at radius 1 is 1.06 bits per heavy atom. The van der Waals surface area contributed by atoms with Gasteiger partial charge in [-0.05, 0) is 48.8 Å². The molecule has 4 amide bonds. The number of nitrogens with one attached hydrogen (secondary N) is 2. The third-order valence-electron chi connectivity index (χ3n) is 7.76. The van der Waals surface area contributed by atoms with Gasteiger partial charge in [0.1, 0.15) is 6.04 Å². The second-order valence-electron chi connectivity index (χ2n) is 10.7. The SMILES string of the molecule is CC(C)C[C@@H](C(=O)NCC(C)c1ccccc1)N1C(=O)N2CCc3c([nH]c4ccccc34)[C@@]2(C)C1=O. The summed E-state index contributed by atoms with van der Waals surface area (Å²) in [4.78, 5) is 47.6. The number of carbonyl (C=O) groups is 3. The van der Waals surface area contributed by atoms with Crippen LogP contribution in [0.4, 0.5) is 4.79 Å². The number of hydrogen-bond donors (Lipinski definition) is 2. The maximum Gasteiger partial charge on any atom is 0.328 e. The van der Waals surface area contributed by atoms with E-state index in [4.69, 9.17) is 0 Å². The van der Waals surface area contributed by atoms with Crippen LogP contribution in [-0.4, -0.2) is 51.8 Å². The molecule has 1 aromatic heterocycles. The Bertz CT molecular complexity index is 1310. The van der Waals surface area contributed by atoms with Gasteiger partial charge in [-0.15, -0.1) is 0 Å². The standard InChI is InChI=1S/C29H34N4O3/c1-18(2)16-24(26(34)30-17-19(3)20-10-6-5-7-11-20)33-27(35)29(4)25-22(14-15-32(29)28(33)36)21-12-8-9-13-23(21)31-25/h5-13,18-19,24,31H,14-17H2,1-4H3,(H,30,34)/t19?,24-,29-/m0/s1. The van der Waals surface area contributed by atoms with Crippen LogP contribution in [0.15, 0.2) is 54.6 Å². The van der Waals surface area contributed by atoms with Crippen molar-refractivity contribution in [3.63, 3.8) is 0 Å². The van der Waals surface area contributed by atoms with E-state index in [1.165, 1.54) is 4.90 Å². The molecular formula is C29H34N4O3. The summed E-state index contributed by atoms with van der Waals surface area (Å²) in [7, 11) is 0. The third kappa shape index (κ3) is 3.77. The van der Waals surface area contributed by atoms with Gasteiger partial charge in [0.05, 0.1) is 5.69 Å². The lowest BCUT2D eigenvalue weighted by Gasteiger charge is -2.36. The van der Waals surface area contributed by atoms with Gasteiger partial charge in [0, 0.05) is 24.0 Å². The van der Waals surface area contributed by atoms with Gasteiger partial charge >= 0.3 is 6.03 Å². The van der Waals surface area contributed by atoms with Crippen molar-refractivity contribution >= 4 is 28.7 Å². The molecule has 2 aliphatic rings. The molecule has 0 saturated carbocycles. The Morgan fingerprint density at radius 3 is 2.47 bits per heavy atom. The highest BCUT2D eigenvalue weighted by atomic mass is 16.2. The van der Waals surface area contributed by atoms with Crippen molar-refractivity contribution in [2.24, 2.45) is 5.92 Å². The van der Waals surface area contributed by atoms with Crippen molar-refractivity contribution < 1.29 is 14.4 Å². The van der Waals surface area contributed by atoms with Gasteiger partial charge < -0.3 is 15.2 Å². The van der Waals surface area contributed by atoms with Gasteiger partial charge in [-0.3, -0.25) is 9.59 Å². The molecule has 36 heavy (non-hydrogen) atoms. The summed E-state index contributed by atoms with van der Waals surface area (Å²) >= 11 is 0. The Kier molecular flexibility index (Phi) is 6.10. The molecule has 1 fully saturated rings. The molecule has 7 heteroatoms. The van der Waals surface area contributed by atoms with Gasteiger partial charge in [0.25, 0.3) is 5.91 Å². The highest BCUT2D eigenvalue weighted by Crippen LogP contribution is 2.45. The molecule has 1 unspecified atom stereocenters. The van der Waals surface area contributed by atoms with Crippen LogP contribution in [0.1, 0.15) is 56.9 Å². The molecule has 5 rings (SSSR count). The predicted octanol–water partition coefficient (Wildman–Crippen LogP) is 4.54. The zero-order valence-electron chi connectivity index (χ0n) is 21.4. The average Bonchev–Trinajstić information content (AvgIpc) is 3.35. The van der Waals surface area contributed by atoms with Gasteiger partial charge in [0.15, 0.2) is 5.54 Å². The number of hydrogen-bond acceptors (Lipinski definition) is 3. The van der Waals surface area contributed by atoms with E-state index >= 15 is 0 Å². The summed E-state index contributed by atoms with van der Waals surface area (Å²) in [5.74, 6) is -0.384. The first kappa shape index (κ1) is 24.1. The molecule has 2 N–H and O–H groups in total. The Morgan fingerprint density at radius 2 is 1.75 bits per heavy atom. The molecular weight excluding hydrogens is 452 g/mol. The fraction of sp³-hybridized carbons (Fsp3) is 0.414. The third-order valence-corrected chi connectivity index (χ3v) is 7.76. The number of carbonyl (C=O) groups excluding carboxylic acids is 3. The lowest BCUT2D eigenvalue weighted by atomic mass is 9.86. The topological polar surface area (TPSA) is 85.5 Å². The van der Waals surface area contributed by atoms with Crippen LogP contribution in [0.5, 0.6) is 0 Å². The molecule has 1 saturated heterocycles. The maximum atomic E-state index is 14.1. The molecule has 188 valence electrons. The van der Waals surface area contributed by atoms with Crippen LogP contribution in [0.3, 0.4) is 0 Å². The number of nitrogens with zero attached hydrogens (tertiary/aromatic N) is 2. The minimum absolute atomic E-state index is 0.109. The molecule has 7 nitrogen and oxygen atoms in total. The molecule has 2 aliphatic heterocycles. The number of amides is 4. The Balaban J connectivity index is 1.44. The van der Waals surface area contributed by atoms with E-state index in [2.05, 4.69) is 17.2 Å². The van der Waals surface area contributed by atoms with Gasteiger partial charge in [-0.1, -0.05) is 69.3 Å². The van der Waals surface area contributed by atoms with E-state index in [0.717, 1.165) is 27.7 Å². The van der Waals surface area contributed by atoms with Crippen LogP contribution in [0.25, 0.3) is 10.9 Å². The van der Waals surface area contributed by atoms with E-state index in [9.17, 15) is 14.4 Å². The van der Waals surface area contributed by atoms with Crippen molar-refractivity contribution in [2.45, 2.75) is 58.0 Å². The number of aromatic amines is 1. The normalized spacial score (nSPS) is 21.0. The summed E-state index contributed by atoms with van der Waals surface area (Å²) < 4.78 is 0. The molecule has 3 heterocycles. The van der Waals surface area contributed by atoms with Crippen LogP contribution in [0, 0.1) is 5.92 Å². The lowest BCUT2D eigenvalue weighted by molar-refractivity contribution is -0.140. The first-order valence-corrected chi connectivity index (χ1v) is 12.8. The maximum absolute atomic E-state index is 14.1. The van der Waals surface area contributed by atoms with Crippen LogP contribution >= 0.6 is 0 Å². The first-order valence-electron chi connectivity index (χ1n) is 12.8. The van der Waals surface area contributed by atoms with Gasteiger partial charge in [0.2, 0.25) is 5.91 Å². The molecule has 3 aromatic rings. The van der Waals surface area contributed by atoms with Gasteiger partial charge in [-0.2, -0.15) is 0 Å². The fourth-order valence-electron chi connectivity index (χ4n) is 5.74. The number of rotatable bonds is 7. The zero-order chi connectivity index (χ0) is 25.6. The van der Waals surface area contributed by atoms with E-state index in [-0.39, 0.29) is 29.7 Å². The van der Waals surface area contributed by atoms with Gasteiger partial charge in [-0.25, -0.2) is 9.69 Å². The smallest absolute Gasteiger partial charge is 0.328 e. The molecule has 0 bridgehead atoms. The molecule has 0 spiro atoms. The summed E-state index contributed by atoms with van der Waals surface area (Å²) in [6.45, 7) is 8.74. The second kappa shape index (κ2) is 9.12. The van der Waals surface area contributed by atoms with E-state index in [0.29, 0.717) is 25.9 Å². The van der Waals surface area contributed by atoms with E-state index in [1.807, 2.05) is 75.4 Å². The van der Waals surface area contributed by atoms with E-state index < -0.39 is 11.6 Å². The summed E-state index contributed by atoms with van der Waals surface area (Å²) in [5.41, 5.74) is 2.76. The molecule has 0 aliphatic carbocycles. The predicted molar refractivity (Wildman–Crippen MR) is 139 cm³/mol. The number of imide groups is 1. The number of aromatic nitrogens is 1. The number of H-pyrrole nitrogens is 1. The molecule has 3 atom stereocenters. The van der Waals surface area contributed by atoms with Crippen molar-refractivity contribution in [1.82, 2.24) is 20.1 Å². The second-order valence-corrected chi connectivity index (χ2v) is 10.7. The quantitative estimate of drug-likeness (QED) is 0.481. The monoisotopic (exact) mass is 486 g/mol. The largest absolute Gasteiger partial charge is 0.356 e. The lowest BCUT2D eigenvalue weighted by Crippen LogP contribution is -2.52. The van der Waals surface area contributed by atoms with E-state index in [1.54, 1.807) is 4.90 Å². The minimum Gasteiger partial charge on any atom is -0.356 e. The van der Waals surface area contributed by atoms with Crippen LogP contribution in [-0.2, 0) is 21.5 Å². The summed E-state index contributed by atoms with van der Waals surface area (Å²) in [6, 6.07) is 16.7. The first-order chi connectivity index (χ1) is 17.2. The minimum atomic E-state index is -1.16. The van der Waals surface area contributed by atoms with Crippen molar-refractivity contribution in [1.29, 1.82) is 0 Å². The Hall–Kier alpha value is -3.61. The van der Waals surface area contributed by atoms with Crippen molar-refractivity contribution in [2.75, 3.05) is 13.1 Å². The van der Waals surface area contributed by atoms with Crippen LogP contribution in [0.2, 0.25) is 0 Å². The molecule has 0 radical (unpaired) electrons. The Labute approximate surface area is 211 Å². The highest BCUT2D eigenvalue weighted by molar-refractivity contribution is 6.11. The number of benzene rings is 2.